The Balaban J connectivity index is 3.33. The molecular formula is C11H16NO6P. The van der Waals surface area contributed by atoms with E-state index in [1.807, 2.05) is 0 Å². The third kappa shape index (κ3) is 3.76. The molecule has 19 heavy (non-hydrogen) atoms. The topological polar surface area (TPSA) is 87.9 Å². The van der Waals surface area contributed by atoms with E-state index in [0.29, 0.717) is 0 Å². The van der Waals surface area contributed by atoms with Crippen molar-refractivity contribution < 1.29 is 23.3 Å². The smallest absolute Gasteiger partial charge is 0.361 e. The standard InChI is InChI=1S/C11H16NO6P/c1-4-17-19(15,18-5-2)11-7-9(12(13)14)6-10(8-11)16-3/h6-8H,4-5H2,1-3H3. The maximum atomic E-state index is 12.5. The lowest BCUT2D eigenvalue weighted by Crippen LogP contribution is -2.12. The molecule has 1 aromatic rings. The van der Waals surface area contributed by atoms with Crippen molar-refractivity contribution in [3.63, 3.8) is 0 Å². The minimum Gasteiger partial charge on any atom is -0.496 e. The van der Waals surface area contributed by atoms with Gasteiger partial charge in [0, 0.05) is 6.07 Å². The van der Waals surface area contributed by atoms with Crippen LogP contribution in [-0.2, 0) is 13.6 Å². The van der Waals surface area contributed by atoms with Crippen LogP contribution in [0.25, 0.3) is 0 Å². The van der Waals surface area contributed by atoms with Crippen LogP contribution in [0.1, 0.15) is 13.8 Å². The Hall–Kier alpha value is -1.43. The van der Waals surface area contributed by atoms with Gasteiger partial charge in [-0.1, -0.05) is 0 Å². The van der Waals surface area contributed by atoms with Gasteiger partial charge in [0.2, 0.25) is 0 Å². The van der Waals surface area contributed by atoms with Gasteiger partial charge in [-0.2, -0.15) is 0 Å². The van der Waals surface area contributed by atoms with Crippen molar-refractivity contribution in [1.29, 1.82) is 0 Å². The molecule has 0 radical (unpaired) electrons. The molecule has 0 heterocycles. The van der Waals surface area contributed by atoms with Gasteiger partial charge in [-0.3, -0.25) is 14.7 Å². The fourth-order valence-corrected chi connectivity index (χ4v) is 3.10. The molecule has 0 saturated heterocycles. The molecule has 8 heteroatoms. The number of rotatable bonds is 7. The Labute approximate surface area is 111 Å². The quantitative estimate of drug-likeness (QED) is 0.435. The molecule has 0 bridgehead atoms. The van der Waals surface area contributed by atoms with Crippen LogP contribution >= 0.6 is 7.60 Å². The van der Waals surface area contributed by atoms with Crippen LogP contribution < -0.4 is 10.0 Å². The average Bonchev–Trinajstić information content (AvgIpc) is 2.38. The van der Waals surface area contributed by atoms with E-state index in [2.05, 4.69) is 0 Å². The predicted molar refractivity (Wildman–Crippen MR) is 70.1 cm³/mol. The molecule has 1 rings (SSSR count). The minimum absolute atomic E-state index is 0.113. The lowest BCUT2D eigenvalue weighted by atomic mass is 10.3. The van der Waals surface area contributed by atoms with Gasteiger partial charge >= 0.3 is 7.60 Å². The lowest BCUT2D eigenvalue weighted by Gasteiger charge is -2.17. The van der Waals surface area contributed by atoms with Crippen molar-refractivity contribution >= 4 is 18.6 Å². The van der Waals surface area contributed by atoms with Gasteiger partial charge in [0.1, 0.15) is 5.75 Å². The number of nitro benzene ring substituents is 1. The Morgan fingerprint density at radius 1 is 1.21 bits per heavy atom. The van der Waals surface area contributed by atoms with Gasteiger partial charge in [0.15, 0.2) is 0 Å². The second kappa shape index (κ2) is 6.65. The first kappa shape index (κ1) is 15.6. The van der Waals surface area contributed by atoms with Crippen LogP contribution in [0.3, 0.4) is 0 Å². The summed E-state index contributed by atoms with van der Waals surface area (Å²) in [5, 5.41) is 11.0. The third-order valence-electron chi connectivity index (χ3n) is 2.24. The van der Waals surface area contributed by atoms with Crippen molar-refractivity contribution in [1.82, 2.24) is 0 Å². The molecule has 1 aromatic carbocycles. The van der Waals surface area contributed by atoms with Gasteiger partial charge in [0.25, 0.3) is 5.69 Å². The fourth-order valence-electron chi connectivity index (χ4n) is 1.48. The van der Waals surface area contributed by atoms with E-state index in [4.69, 9.17) is 13.8 Å². The largest absolute Gasteiger partial charge is 0.496 e. The first-order valence-electron chi connectivity index (χ1n) is 5.70. The van der Waals surface area contributed by atoms with Crippen molar-refractivity contribution in [3.05, 3.63) is 28.3 Å². The highest BCUT2D eigenvalue weighted by Crippen LogP contribution is 2.48. The predicted octanol–water partition coefficient (Wildman–Crippen LogP) is 2.49. The molecule has 0 atom stereocenters. The molecule has 0 N–H and O–H groups in total. The van der Waals surface area contributed by atoms with Gasteiger partial charge in [-0.25, -0.2) is 0 Å². The molecule has 0 aliphatic rings. The van der Waals surface area contributed by atoms with Gasteiger partial charge < -0.3 is 13.8 Å². The van der Waals surface area contributed by atoms with Crippen LogP contribution in [0.15, 0.2) is 18.2 Å². The number of benzene rings is 1. The zero-order valence-electron chi connectivity index (χ0n) is 11.0. The average molecular weight is 289 g/mol. The lowest BCUT2D eigenvalue weighted by molar-refractivity contribution is -0.384. The summed E-state index contributed by atoms with van der Waals surface area (Å²) in [6, 6.07) is 3.83. The van der Waals surface area contributed by atoms with Gasteiger partial charge in [-0.15, -0.1) is 0 Å². The number of methoxy groups -OCH3 is 1. The van der Waals surface area contributed by atoms with Gasteiger partial charge in [-0.05, 0) is 19.9 Å². The summed E-state index contributed by atoms with van der Waals surface area (Å²) >= 11 is 0. The van der Waals surface area contributed by atoms with E-state index >= 15 is 0 Å². The summed E-state index contributed by atoms with van der Waals surface area (Å²) in [5.41, 5.74) is -0.228. The molecule has 0 saturated carbocycles. The highest BCUT2D eigenvalue weighted by molar-refractivity contribution is 7.62. The molecule has 106 valence electrons. The molecule has 0 aliphatic carbocycles. The number of nitrogens with zero attached hydrogens (tertiary/aromatic N) is 1. The number of non-ortho nitro benzene ring substituents is 1. The summed E-state index contributed by atoms with van der Waals surface area (Å²) < 4.78 is 27.8. The van der Waals surface area contributed by atoms with Crippen molar-refractivity contribution in [2.24, 2.45) is 0 Å². The van der Waals surface area contributed by atoms with Crippen molar-refractivity contribution in [3.8, 4) is 5.75 Å². The SMILES string of the molecule is CCOP(=O)(OCC)c1cc(OC)cc([N+](=O)[O-])c1. The minimum atomic E-state index is -3.56. The van der Waals surface area contributed by atoms with Crippen LogP contribution in [0.4, 0.5) is 5.69 Å². The van der Waals surface area contributed by atoms with Crippen LogP contribution in [0.5, 0.6) is 5.75 Å². The molecule has 0 fully saturated rings. The van der Waals surface area contributed by atoms with E-state index in [1.54, 1.807) is 13.8 Å². The molecule has 0 amide bonds. The number of nitro groups is 1. The maximum absolute atomic E-state index is 12.5. The molecule has 0 aromatic heterocycles. The molecule has 7 nitrogen and oxygen atoms in total. The van der Waals surface area contributed by atoms with E-state index in [9.17, 15) is 14.7 Å². The van der Waals surface area contributed by atoms with Crippen molar-refractivity contribution in [2.75, 3.05) is 20.3 Å². The highest BCUT2D eigenvalue weighted by Gasteiger charge is 2.29. The normalized spacial score (nSPS) is 11.3. The third-order valence-corrected chi connectivity index (χ3v) is 4.32. The summed E-state index contributed by atoms with van der Waals surface area (Å²) in [5.74, 6) is 0.226. The summed E-state index contributed by atoms with van der Waals surface area (Å²) in [6.07, 6.45) is 0. The van der Waals surface area contributed by atoms with E-state index < -0.39 is 12.5 Å². The molecule has 0 unspecified atom stereocenters. The Bertz CT molecular complexity index is 494. The monoisotopic (exact) mass is 289 g/mol. The second-order valence-corrected chi connectivity index (χ2v) is 5.51. The first-order chi connectivity index (χ1) is 8.96. The van der Waals surface area contributed by atoms with Crippen LogP contribution in [0, 0.1) is 10.1 Å². The molecule has 0 aliphatic heterocycles. The fraction of sp³-hybridized carbons (Fsp3) is 0.455. The van der Waals surface area contributed by atoms with E-state index in [0.717, 1.165) is 0 Å². The Kier molecular flexibility index (Phi) is 5.47. The summed E-state index contributed by atoms with van der Waals surface area (Å²) in [4.78, 5) is 10.3. The Morgan fingerprint density at radius 2 is 1.79 bits per heavy atom. The van der Waals surface area contributed by atoms with Crippen LogP contribution in [0.2, 0.25) is 0 Å². The number of hydrogen-bond acceptors (Lipinski definition) is 6. The van der Waals surface area contributed by atoms with E-state index in [-0.39, 0.29) is 30.0 Å². The maximum Gasteiger partial charge on any atom is 0.361 e. The van der Waals surface area contributed by atoms with Gasteiger partial charge in [0.05, 0.1) is 36.6 Å². The van der Waals surface area contributed by atoms with E-state index in [1.165, 1.54) is 25.3 Å². The molecule has 0 spiro atoms. The number of hydrogen-bond donors (Lipinski definition) is 0. The summed E-state index contributed by atoms with van der Waals surface area (Å²) in [6.45, 7) is 3.67. The molecular weight excluding hydrogens is 273 g/mol. The highest BCUT2D eigenvalue weighted by atomic mass is 31.2. The Morgan fingerprint density at radius 3 is 2.21 bits per heavy atom. The summed E-state index contributed by atoms with van der Waals surface area (Å²) in [7, 11) is -2.19. The van der Waals surface area contributed by atoms with Crippen molar-refractivity contribution in [2.45, 2.75) is 13.8 Å². The number of ether oxygens (including phenoxy) is 1. The second-order valence-electron chi connectivity index (χ2n) is 3.48. The zero-order valence-corrected chi connectivity index (χ0v) is 11.9. The zero-order chi connectivity index (χ0) is 14.5. The van der Waals surface area contributed by atoms with Crippen LogP contribution in [-0.4, -0.2) is 25.2 Å². The first-order valence-corrected chi connectivity index (χ1v) is 7.24.